The van der Waals surface area contributed by atoms with E-state index in [-0.39, 0.29) is 0 Å². The molecule has 0 aromatic heterocycles. The maximum Gasteiger partial charge on any atom is -0.0142 e. The van der Waals surface area contributed by atoms with E-state index in [0.717, 1.165) is 0 Å². The third-order valence-electron chi connectivity index (χ3n) is 3.40. The van der Waals surface area contributed by atoms with Gasteiger partial charge in [0.15, 0.2) is 0 Å². The number of hydrogen-bond acceptors (Lipinski definition) is 0. The molecule has 0 heteroatoms. The molecule has 0 nitrogen and oxygen atoms in total. The van der Waals surface area contributed by atoms with Crippen LogP contribution in [0.5, 0.6) is 0 Å². The van der Waals surface area contributed by atoms with Gasteiger partial charge < -0.3 is 0 Å². The highest BCUT2D eigenvalue weighted by Crippen LogP contribution is 2.34. The van der Waals surface area contributed by atoms with Gasteiger partial charge in [-0.05, 0) is 28.4 Å². The minimum absolute atomic E-state index is 0.347. The summed E-state index contributed by atoms with van der Waals surface area (Å²) in [5, 5.41) is 0. The molecule has 15 heavy (non-hydrogen) atoms. The van der Waals surface area contributed by atoms with Crippen LogP contribution in [0.25, 0.3) is 0 Å². The van der Waals surface area contributed by atoms with Crippen LogP contribution in [0.4, 0.5) is 0 Å². The first-order chi connectivity index (χ1) is 6.82. The Kier molecular flexibility index (Phi) is 3.59. The Balaban J connectivity index is 2.89. The van der Waals surface area contributed by atoms with E-state index in [1.807, 2.05) is 0 Å². The third kappa shape index (κ3) is 3.09. The van der Waals surface area contributed by atoms with Crippen molar-refractivity contribution in [1.82, 2.24) is 0 Å². The Morgan fingerprint density at radius 2 is 1.20 bits per heavy atom. The quantitative estimate of drug-likeness (QED) is 0.638. The molecular formula is C15H24. The standard InChI is InChI=1S/C15H24/c1-11(2)13-7-9-14(10-8-13)12(3)15(4,5)6/h7-12H,1-6H3. The fraction of sp³-hybridized carbons (Fsp3) is 0.600. The fourth-order valence-corrected chi connectivity index (χ4v) is 1.67. The Morgan fingerprint density at radius 3 is 1.53 bits per heavy atom. The lowest BCUT2D eigenvalue weighted by molar-refractivity contribution is 0.339. The molecule has 1 rings (SSSR count). The fourth-order valence-electron chi connectivity index (χ4n) is 1.67. The summed E-state index contributed by atoms with van der Waals surface area (Å²) < 4.78 is 0. The lowest BCUT2D eigenvalue weighted by Crippen LogP contribution is -2.15. The molecule has 1 atom stereocenters. The maximum atomic E-state index is 2.31. The van der Waals surface area contributed by atoms with Crippen LogP contribution in [0.15, 0.2) is 24.3 Å². The minimum Gasteiger partial charge on any atom is -0.0596 e. The van der Waals surface area contributed by atoms with Crippen LogP contribution in [0.1, 0.15) is 64.5 Å². The first kappa shape index (κ1) is 12.3. The molecule has 0 fully saturated rings. The zero-order valence-electron chi connectivity index (χ0n) is 11.0. The van der Waals surface area contributed by atoms with Gasteiger partial charge in [0.1, 0.15) is 0 Å². The van der Waals surface area contributed by atoms with E-state index in [1.165, 1.54) is 11.1 Å². The topological polar surface area (TPSA) is 0 Å². The minimum atomic E-state index is 0.347. The van der Waals surface area contributed by atoms with Gasteiger partial charge in [0, 0.05) is 0 Å². The van der Waals surface area contributed by atoms with Gasteiger partial charge in [-0.25, -0.2) is 0 Å². The summed E-state index contributed by atoms with van der Waals surface area (Å²) in [5.74, 6) is 1.24. The first-order valence-corrected chi connectivity index (χ1v) is 5.92. The number of rotatable bonds is 2. The summed E-state index contributed by atoms with van der Waals surface area (Å²) in [6, 6.07) is 9.10. The average molecular weight is 204 g/mol. The predicted octanol–water partition coefficient (Wildman–Crippen LogP) is 4.96. The molecule has 0 heterocycles. The largest absolute Gasteiger partial charge is 0.0596 e. The second-order valence-electron chi connectivity index (χ2n) is 5.91. The monoisotopic (exact) mass is 204 g/mol. The van der Waals surface area contributed by atoms with Gasteiger partial charge in [-0.15, -0.1) is 0 Å². The molecule has 0 aliphatic heterocycles. The molecule has 1 unspecified atom stereocenters. The molecule has 0 saturated carbocycles. The molecule has 0 N–H and O–H groups in total. The molecule has 0 spiro atoms. The van der Waals surface area contributed by atoms with Crippen molar-refractivity contribution in [2.45, 2.75) is 53.4 Å². The first-order valence-electron chi connectivity index (χ1n) is 5.92. The molecule has 1 aromatic carbocycles. The molecule has 0 bridgehead atoms. The van der Waals surface area contributed by atoms with Crippen molar-refractivity contribution in [1.29, 1.82) is 0 Å². The molecule has 0 saturated heterocycles. The summed E-state index contributed by atoms with van der Waals surface area (Å²) in [6.07, 6.45) is 0. The van der Waals surface area contributed by atoms with Gasteiger partial charge >= 0.3 is 0 Å². The lowest BCUT2D eigenvalue weighted by Gasteiger charge is -2.27. The Labute approximate surface area is 94.7 Å². The molecule has 0 radical (unpaired) electrons. The van der Waals surface area contributed by atoms with Crippen molar-refractivity contribution >= 4 is 0 Å². The summed E-state index contributed by atoms with van der Waals surface area (Å²) in [4.78, 5) is 0. The van der Waals surface area contributed by atoms with E-state index < -0.39 is 0 Å². The van der Waals surface area contributed by atoms with Gasteiger partial charge in [-0.3, -0.25) is 0 Å². The lowest BCUT2D eigenvalue weighted by atomic mass is 9.77. The normalized spacial score (nSPS) is 14.3. The molecule has 1 aromatic rings. The highest BCUT2D eigenvalue weighted by Gasteiger charge is 2.21. The van der Waals surface area contributed by atoms with E-state index in [4.69, 9.17) is 0 Å². The molecular weight excluding hydrogens is 180 g/mol. The van der Waals surface area contributed by atoms with E-state index in [1.54, 1.807) is 0 Å². The third-order valence-corrected chi connectivity index (χ3v) is 3.40. The van der Waals surface area contributed by atoms with Gasteiger partial charge in [-0.1, -0.05) is 65.8 Å². The van der Waals surface area contributed by atoms with Crippen molar-refractivity contribution in [2.75, 3.05) is 0 Å². The average Bonchev–Trinajstić information content (AvgIpc) is 2.15. The predicted molar refractivity (Wildman–Crippen MR) is 68.4 cm³/mol. The van der Waals surface area contributed by atoms with Crippen LogP contribution in [0, 0.1) is 5.41 Å². The van der Waals surface area contributed by atoms with Gasteiger partial charge in [0.05, 0.1) is 0 Å². The van der Waals surface area contributed by atoms with Crippen LogP contribution in [0.3, 0.4) is 0 Å². The summed E-state index contributed by atoms with van der Waals surface area (Å²) in [6.45, 7) is 13.7. The van der Waals surface area contributed by atoms with Gasteiger partial charge in [-0.2, -0.15) is 0 Å². The van der Waals surface area contributed by atoms with Crippen LogP contribution < -0.4 is 0 Å². The highest BCUT2D eigenvalue weighted by atomic mass is 14.3. The van der Waals surface area contributed by atoms with Crippen molar-refractivity contribution < 1.29 is 0 Å². The summed E-state index contributed by atoms with van der Waals surface area (Å²) >= 11 is 0. The van der Waals surface area contributed by atoms with Gasteiger partial charge in [0.25, 0.3) is 0 Å². The van der Waals surface area contributed by atoms with E-state index >= 15 is 0 Å². The second-order valence-corrected chi connectivity index (χ2v) is 5.91. The summed E-state index contributed by atoms with van der Waals surface area (Å²) in [5.41, 5.74) is 3.23. The molecule has 84 valence electrons. The maximum absolute atomic E-state index is 2.31. The number of benzene rings is 1. The van der Waals surface area contributed by atoms with E-state index in [0.29, 0.717) is 17.3 Å². The Hall–Kier alpha value is -0.780. The zero-order chi connectivity index (χ0) is 11.6. The zero-order valence-corrected chi connectivity index (χ0v) is 11.0. The van der Waals surface area contributed by atoms with Gasteiger partial charge in [0.2, 0.25) is 0 Å². The van der Waals surface area contributed by atoms with Crippen molar-refractivity contribution in [3.63, 3.8) is 0 Å². The van der Waals surface area contributed by atoms with E-state index in [9.17, 15) is 0 Å². The highest BCUT2D eigenvalue weighted by molar-refractivity contribution is 5.27. The molecule has 0 amide bonds. The van der Waals surface area contributed by atoms with Crippen molar-refractivity contribution in [2.24, 2.45) is 5.41 Å². The Morgan fingerprint density at radius 1 is 0.800 bits per heavy atom. The molecule has 0 aliphatic rings. The van der Waals surface area contributed by atoms with Crippen LogP contribution >= 0.6 is 0 Å². The second kappa shape index (κ2) is 4.38. The van der Waals surface area contributed by atoms with Crippen molar-refractivity contribution in [3.8, 4) is 0 Å². The number of hydrogen-bond donors (Lipinski definition) is 0. The van der Waals surface area contributed by atoms with Crippen LogP contribution in [0.2, 0.25) is 0 Å². The van der Waals surface area contributed by atoms with Crippen LogP contribution in [-0.4, -0.2) is 0 Å². The molecule has 0 aliphatic carbocycles. The van der Waals surface area contributed by atoms with Crippen molar-refractivity contribution in [3.05, 3.63) is 35.4 Å². The summed E-state index contributed by atoms with van der Waals surface area (Å²) in [7, 11) is 0. The van der Waals surface area contributed by atoms with E-state index in [2.05, 4.69) is 65.8 Å². The Bertz CT molecular complexity index is 298. The smallest absolute Gasteiger partial charge is 0.0142 e. The SMILES string of the molecule is CC(C)c1ccc(C(C)C(C)(C)C)cc1. The van der Waals surface area contributed by atoms with Crippen LogP contribution in [-0.2, 0) is 0 Å².